The first-order valence-corrected chi connectivity index (χ1v) is 5.55. The van der Waals surface area contributed by atoms with E-state index in [2.05, 4.69) is 10.6 Å². The highest BCUT2D eigenvalue weighted by Crippen LogP contribution is 2.03. The van der Waals surface area contributed by atoms with Crippen LogP contribution < -0.4 is 10.6 Å². The van der Waals surface area contributed by atoms with Crippen molar-refractivity contribution in [3.8, 4) is 0 Å². The van der Waals surface area contributed by atoms with Crippen LogP contribution in [0.15, 0.2) is 30.3 Å². The molecule has 0 aliphatic carbocycles. The number of hydrogen-bond acceptors (Lipinski definition) is 2. The van der Waals surface area contributed by atoms with Crippen LogP contribution in [0.25, 0.3) is 0 Å². The Morgan fingerprint density at radius 3 is 2.12 bits per heavy atom. The summed E-state index contributed by atoms with van der Waals surface area (Å²) >= 11 is 0. The first kappa shape index (κ1) is 12.5. The normalized spacial score (nSPS) is 14.5. The molecule has 1 aliphatic rings. The van der Waals surface area contributed by atoms with Gasteiger partial charge in [0.15, 0.2) is 0 Å². The molecule has 0 radical (unpaired) electrons. The molecule has 2 rings (SSSR count). The van der Waals surface area contributed by atoms with Crippen LogP contribution >= 0.6 is 0 Å². The molecule has 1 aliphatic heterocycles. The molecule has 0 atom stereocenters. The molecule has 1 aromatic rings. The number of piperidine rings is 1. The molecule has 0 spiro atoms. The summed E-state index contributed by atoms with van der Waals surface area (Å²) < 4.78 is 0. The van der Waals surface area contributed by atoms with Gasteiger partial charge in [-0.2, -0.15) is 0 Å². The van der Waals surface area contributed by atoms with Gasteiger partial charge in [-0.15, -0.1) is 0 Å². The van der Waals surface area contributed by atoms with E-state index in [1.165, 1.54) is 32.4 Å². The lowest BCUT2D eigenvalue weighted by molar-refractivity contribution is 0.210. The summed E-state index contributed by atoms with van der Waals surface area (Å²) in [6, 6.07) is 8.74. The van der Waals surface area contributed by atoms with Crippen LogP contribution in [-0.2, 0) is 0 Å². The maximum atomic E-state index is 10.1. The predicted molar refractivity (Wildman–Crippen MR) is 64.8 cm³/mol. The monoisotopic (exact) mass is 222 g/mol. The van der Waals surface area contributed by atoms with Crippen LogP contribution in [0.4, 0.5) is 10.5 Å². The molecule has 16 heavy (non-hydrogen) atoms. The van der Waals surface area contributed by atoms with Gasteiger partial charge in [0, 0.05) is 5.69 Å². The molecule has 0 unspecified atom stereocenters. The summed E-state index contributed by atoms with van der Waals surface area (Å²) in [4.78, 5) is 10.1. The molecule has 1 aromatic carbocycles. The molecule has 1 fully saturated rings. The van der Waals surface area contributed by atoms with Gasteiger partial charge in [0.1, 0.15) is 0 Å². The van der Waals surface area contributed by atoms with Crippen LogP contribution in [-0.4, -0.2) is 24.3 Å². The summed E-state index contributed by atoms with van der Waals surface area (Å²) in [6.07, 6.45) is 3.18. The average molecular weight is 222 g/mol. The van der Waals surface area contributed by atoms with Crippen molar-refractivity contribution in [3.63, 3.8) is 0 Å². The van der Waals surface area contributed by atoms with Gasteiger partial charge in [-0.25, -0.2) is 4.79 Å². The highest BCUT2D eigenvalue weighted by Gasteiger charge is 1.94. The molecule has 1 heterocycles. The van der Waals surface area contributed by atoms with Crippen molar-refractivity contribution in [1.82, 2.24) is 5.32 Å². The third-order valence-electron chi connectivity index (χ3n) is 2.23. The number of amides is 1. The van der Waals surface area contributed by atoms with Crippen molar-refractivity contribution in [3.05, 3.63) is 30.3 Å². The summed E-state index contributed by atoms with van der Waals surface area (Å²) in [5, 5.41) is 13.8. The molecule has 4 nitrogen and oxygen atoms in total. The first-order valence-electron chi connectivity index (χ1n) is 5.55. The van der Waals surface area contributed by atoms with Gasteiger partial charge in [-0.1, -0.05) is 24.6 Å². The van der Waals surface area contributed by atoms with Gasteiger partial charge in [0.25, 0.3) is 0 Å². The number of carbonyl (C=O) groups is 1. The number of nitrogens with one attached hydrogen (secondary N) is 2. The smallest absolute Gasteiger partial charge is 0.409 e. The Hall–Kier alpha value is -1.55. The Bertz CT molecular complexity index is 286. The van der Waals surface area contributed by atoms with Gasteiger partial charge >= 0.3 is 6.09 Å². The maximum absolute atomic E-state index is 10.1. The largest absolute Gasteiger partial charge is 0.465 e. The fourth-order valence-electron chi connectivity index (χ4n) is 1.45. The van der Waals surface area contributed by atoms with E-state index in [0.717, 1.165) is 0 Å². The van der Waals surface area contributed by atoms with E-state index < -0.39 is 6.09 Å². The van der Waals surface area contributed by atoms with Crippen molar-refractivity contribution in [1.29, 1.82) is 0 Å². The van der Waals surface area contributed by atoms with Crippen molar-refractivity contribution < 1.29 is 9.90 Å². The van der Waals surface area contributed by atoms with Crippen molar-refractivity contribution in [2.45, 2.75) is 19.3 Å². The number of benzene rings is 1. The standard InChI is InChI=1S/C7H7NO2.C5H11N/c9-7(10)8-6-4-2-1-3-5-6;1-2-4-6-5-3-1/h1-5,8H,(H,9,10);6H,1-5H2. The summed E-state index contributed by atoms with van der Waals surface area (Å²) in [6.45, 7) is 2.50. The minimum Gasteiger partial charge on any atom is -0.465 e. The van der Waals surface area contributed by atoms with Gasteiger partial charge in [0.2, 0.25) is 0 Å². The van der Waals surface area contributed by atoms with E-state index in [9.17, 15) is 4.79 Å². The lowest BCUT2D eigenvalue weighted by Gasteiger charge is -2.08. The SMILES string of the molecule is C1CCNCC1.O=C(O)Nc1ccccc1. The molecule has 1 amide bonds. The van der Waals surface area contributed by atoms with E-state index in [4.69, 9.17) is 5.11 Å². The molecular weight excluding hydrogens is 204 g/mol. The topological polar surface area (TPSA) is 61.4 Å². The highest BCUT2D eigenvalue weighted by molar-refractivity contribution is 5.82. The number of anilines is 1. The van der Waals surface area contributed by atoms with Crippen LogP contribution in [0, 0.1) is 0 Å². The Kier molecular flexibility index (Phi) is 6.03. The third-order valence-corrected chi connectivity index (χ3v) is 2.23. The predicted octanol–water partition coefficient (Wildman–Crippen LogP) is 2.54. The zero-order valence-electron chi connectivity index (χ0n) is 9.28. The molecule has 0 bridgehead atoms. The molecule has 1 saturated heterocycles. The van der Waals surface area contributed by atoms with E-state index >= 15 is 0 Å². The second-order valence-corrected chi connectivity index (χ2v) is 3.61. The first-order chi connectivity index (χ1) is 7.79. The van der Waals surface area contributed by atoms with Crippen molar-refractivity contribution in [2.75, 3.05) is 18.4 Å². The molecule has 88 valence electrons. The zero-order valence-corrected chi connectivity index (χ0v) is 9.28. The quantitative estimate of drug-likeness (QED) is 0.684. The number of hydrogen-bond donors (Lipinski definition) is 3. The Labute approximate surface area is 95.7 Å². The Morgan fingerprint density at radius 2 is 1.75 bits per heavy atom. The van der Waals surface area contributed by atoms with Crippen molar-refractivity contribution in [2.24, 2.45) is 0 Å². The number of carboxylic acid groups (broad SMARTS) is 1. The molecule has 0 aromatic heterocycles. The number of para-hydroxylation sites is 1. The Morgan fingerprint density at radius 1 is 1.12 bits per heavy atom. The van der Waals surface area contributed by atoms with Crippen LogP contribution in [0.1, 0.15) is 19.3 Å². The minimum atomic E-state index is -1.04. The van der Waals surface area contributed by atoms with Crippen LogP contribution in [0.3, 0.4) is 0 Å². The number of rotatable bonds is 1. The molecule has 0 saturated carbocycles. The van der Waals surface area contributed by atoms with E-state index in [1.807, 2.05) is 6.07 Å². The van der Waals surface area contributed by atoms with Gasteiger partial charge in [-0.05, 0) is 38.1 Å². The second-order valence-electron chi connectivity index (χ2n) is 3.61. The van der Waals surface area contributed by atoms with E-state index in [0.29, 0.717) is 5.69 Å². The average Bonchev–Trinajstić information content (AvgIpc) is 2.32. The van der Waals surface area contributed by atoms with E-state index in [1.54, 1.807) is 24.3 Å². The van der Waals surface area contributed by atoms with Gasteiger partial charge in [-0.3, -0.25) is 5.32 Å². The third kappa shape index (κ3) is 6.03. The zero-order chi connectivity index (χ0) is 11.6. The fraction of sp³-hybridized carbons (Fsp3) is 0.417. The summed E-state index contributed by atoms with van der Waals surface area (Å²) in [5.41, 5.74) is 0.593. The van der Waals surface area contributed by atoms with E-state index in [-0.39, 0.29) is 0 Å². The summed E-state index contributed by atoms with van der Waals surface area (Å²) in [7, 11) is 0. The van der Waals surface area contributed by atoms with Crippen LogP contribution in [0.2, 0.25) is 0 Å². The van der Waals surface area contributed by atoms with Crippen molar-refractivity contribution >= 4 is 11.8 Å². The summed E-state index contributed by atoms with van der Waals surface area (Å²) in [5.74, 6) is 0. The van der Waals surface area contributed by atoms with Crippen LogP contribution in [0.5, 0.6) is 0 Å². The lowest BCUT2D eigenvalue weighted by Crippen LogP contribution is -2.21. The molecule has 3 N–H and O–H groups in total. The van der Waals surface area contributed by atoms with Gasteiger partial charge < -0.3 is 10.4 Å². The maximum Gasteiger partial charge on any atom is 0.409 e. The Balaban J connectivity index is 0.000000181. The lowest BCUT2D eigenvalue weighted by atomic mass is 10.2. The highest BCUT2D eigenvalue weighted by atomic mass is 16.4. The molecule has 4 heteroatoms. The second kappa shape index (κ2) is 7.70. The molecular formula is C12H18N2O2. The van der Waals surface area contributed by atoms with Gasteiger partial charge in [0.05, 0.1) is 0 Å². The minimum absolute atomic E-state index is 0.593. The fourth-order valence-corrected chi connectivity index (χ4v) is 1.45.